The lowest BCUT2D eigenvalue weighted by atomic mass is 10.2. The molecule has 1 fully saturated rings. The van der Waals surface area contributed by atoms with Gasteiger partial charge in [-0.25, -0.2) is 17.9 Å². The molecule has 98 valence electrons. The van der Waals surface area contributed by atoms with Crippen LogP contribution in [0.15, 0.2) is 23.1 Å². The Hall–Kier alpha value is -1.60. The van der Waals surface area contributed by atoms with Crippen LogP contribution < -0.4 is 4.72 Å². The van der Waals surface area contributed by atoms with Gasteiger partial charge in [0, 0.05) is 5.54 Å². The van der Waals surface area contributed by atoms with Crippen molar-refractivity contribution in [3.8, 4) is 5.75 Å². The third-order valence-electron chi connectivity index (χ3n) is 2.89. The number of benzene rings is 1. The monoisotopic (exact) mass is 271 g/mol. The van der Waals surface area contributed by atoms with Crippen molar-refractivity contribution in [3.63, 3.8) is 0 Å². The summed E-state index contributed by atoms with van der Waals surface area (Å²) in [4.78, 5) is 10.7. The first-order valence-electron chi connectivity index (χ1n) is 5.34. The van der Waals surface area contributed by atoms with Crippen molar-refractivity contribution in [1.29, 1.82) is 0 Å². The van der Waals surface area contributed by atoms with E-state index in [0.717, 1.165) is 25.0 Å². The number of carboxylic acid groups (broad SMARTS) is 1. The van der Waals surface area contributed by atoms with E-state index in [1.807, 2.05) is 0 Å². The molecule has 0 spiro atoms. The summed E-state index contributed by atoms with van der Waals surface area (Å²) in [6.07, 6.45) is 1.52. The van der Waals surface area contributed by atoms with Gasteiger partial charge in [-0.3, -0.25) is 0 Å². The summed E-state index contributed by atoms with van der Waals surface area (Å²) in [6, 6.07) is 3.19. The number of rotatable bonds is 4. The Bertz CT molecular complexity index is 604. The van der Waals surface area contributed by atoms with E-state index in [1.165, 1.54) is 6.07 Å². The van der Waals surface area contributed by atoms with Gasteiger partial charge >= 0.3 is 5.97 Å². The number of carbonyl (C=O) groups is 1. The molecule has 0 unspecified atom stereocenters. The zero-order chi connectivity index (χ0) is 13.6. The van der Waals surface area contributed by atoms with E-state index in [4.69, 9.17) is 5.11 Å². The minimum absolute atomic E-state index is 0.161. The highest BCUT2D eigenvalue weighted by Crippen LogP contribution is 2.36. The van der Waals surface area contributed by atoms with Crippen LogP contribution in [0, 0.1) is 0 Å². The highest BCUT2D eigenvalue weighted by Gasteiger charge is 2.41. The lowest BCUT2D eigenvalue weighted by Crippen LogP contribution is -2.34. The summed E-state index contributed by atoms with van der Waals surface area (Å²) in [5.41, 5.74) is -0.862. The minimum Gasteiger partial charge on any atom is -0.507 e. The molecule has 1 aromatic carbocycles. The van der Waals surface area contributed by atoms with Gasteiger partial charge in [-0.1, -0.05) is 0 Å². The number of phenols is 1. The van der Waals surface area contributed by atoms with E-state index >= 15 is 0 Å². The first-order chi connectivity index (χ1) is 8.23. The van der Waals surface area contributed by atoms with Crippen LogP contribution in [-0.4, -0.2) is 30.1 Å². The minimum atomic E-state index is -3.75. The molecular formula is C11H13NO5S. The first kappa shape index (κ1) is 12.8. The molecule has 1 aliphatic carbocycles. The fourth-order valence-corrected chi connectivity index (χ4v) is 3.02. The molecule has 0 bridgehead atoms. The van der Waals surface area contributed by atoms with Crippen molar-refractivity contribution in [2.24, 2.45) is 0 Å². The smallest absolute Gasteiger partial charge is 0.339 e. The Labute approximate surface area is 104 Å². The SMILES string of the molecule is CC1(NS(=O)(=O)c2ccc(O)c(C(=O)O)c2)CC1. The standard InChI is InChI=1S/C11H13NO5S/c1-11(4-5-11)12-18(16,17)7-2-3-9(13)8(6-7)10(14)15/h2-3,6,12-13H,4-5H2,1H3,(H,14,15). The molecule has 2 rings (SSSR count). The van der Waals surface area contributed by atoms with Gasteiger partial charge in [0.15, 0.2) is 0 Å². The molecule has 0 amide bonds. The Morgan fingerprint density at radius 1 is 1.39 bits per heavy atom. The second-order valence-electron chi connectivity index (χ2n) is 4.65. The fraction of sp³-hybridized carbons (Fsp3) is 0.364. The van der Waals surface area contributed by atoms with Gasteiger partial charge in [0.2, 0.25) is 10.0 Å². The van der Waals surface area contributed by atoms with Gasteiger partial charge in [0.1, 0.15) is 11.3 Å². The molecule has 6 nitrogen and oxygen atoms in total. The van der Waals surface area contributed by atoms with E-state index in [2.05, 4.69) is 4.72 Å². The molecule has 3 N–H and O–H groups in total. The van der Waals surface area contributed by atoms with Gasteiger partial charge in [-0.15, -0.1) is 0 Å². The van der Waals surface area contributed by atoms with Gasteiger partial charge < -0.3 is 10.2 Å². The van der Waals surface area contributed by atoms with E-state index in [-0.39, 0.29) is 4.90 Å². The largest absolute Gasteiger partial charge is 0.507 e. The summed E-state index contributed by atoms with van der Waals surface area (Å²) in [5, 5.41) is 18.1. The lowest BCUT2D eigenvalue weighted by Gasteiger charge is -2.12. The van der Waals surface area contributed by atoms with Crippen LogP contribution in [0.4, 0.5) is 0 Å². The molecule has 1 aliphatic rings. The maximum absolute atomic E-state index is 12.0. The summed E-state index contributed by atoms with van der Waals surface area (Å²) in [7, 11) is -3.75. The fourth-order valence-electron chi connectivity index (χ4n) is 1.53. The van der Waals surface area contributed by atoms with E-state index in [0.29, 0.717) is 0 Å². The molecule has 0 heterocycles. The molecule has 0 saturated heterocycles. The lowest BCUT2D eigenvalue weighted by molar-refractivity contribution is 0.0693. The third-order valence-corrected chi connectivity index (χ3v) is 4.53. The number of hydrogen-bond donors (Lipinski definition) is 3. The average molecular weight is 271 g/mol. The van der Waals surface area contributed by atoms with Crippen molar-refractivity contribution in [1.82, 2.24) is 4.72 Å². The summed E-state index contributed by atoms with van der Waals surface area (Å²) >= 11 is 0. The predicted octanol–water partition coefficient (Wildman–Crippen LogP) is 0.921. The zero-order valence-corrected chi connectivity index (χ0v) is 10.5. The molecule has 0 radical (unpaired) electrons. The molecule has 1 saturated carbocycles. The van der Waals surface area contributed by atoms with Crippen molar-refractivity contribution in [3.05, 3.63) is 23.8 Å². The highest BCUT2D eigenvalue weighted by molar-refractivity contribution is 7.89. The second-order valence-corrected chi connectivity index (χ2v) is 6.33. The van der Waals surface area contributed by atoms with Crippen molar-refractivity contribution in [2.75, 3.05) is 0 Å². The van der Waals surface area contributed by atoms with Crippen molar-refractivity contribution in [2.45, 2.75) is 30.2 Å². The van der Waals surface area contributed by atoms with Gasteiger partial charge in [-0.05, 0) is 38.0 Å². The Balaban J connectivity index is 2.39. The molecule has 0 aromatic heterocycles. The van der Waals surface area contributed by atoms with Gasteiger partial charge in [0.05, 0.1) is 4.90 Å². The molecule has 18 heavy (non-hydrogen) atoms. The topological polar surface area (TPSA) is 104 Å². The van der Waals surface area contributed by atoms with Crippen LogP contribution in [0.25, 0.3) is 0 Å². The number of aromatic hydroxyl groups is 1. The van der Waals surface area contributed by atoms with E-state index in [9.17, 15) is 18.3 Å². The summed E-state index contributed by atoms with van der Waals surface area (Å²) in [5.74, 6) is -1.83. The van der Waals surface area contributed by atoms with Gasteiger partial charge in [-0.2, -0.15) is 0 Å². The molecule has 0 aliphatic heterocycles. The molecule has 1 aromatic rings. The van der Waals surface area contributed by atoms with E-state index in [1.54, 1.807) is 6.92 Å². The van der Waals surface area contributed by atoms with Crippen LogP contribution >= 0.6 is 0 Å². The van der Waals surface area contributed by atoms with Gasteiger partial charge in [0.25, 0.3) is 0 Å². The summed E-state index contributed by atoms with van der Waals surface area (Å²) in [6.45, 7) is 1.78. The number of hydrogen-bond acceptors (Lipinski definition) is 4. The predicted molar refractivity (Wildman–Crippen MR) is 63.0 cm³/mol. The Kier molecular flexibility index (Phi) is 2.83. The second kappa shape index (κ2) is 3.96. The van der Waals surface area contributed by atoms with E-state index < -0.39 is 32.8 Å². The quantitative estimate of drug-likeness (QED) is 0.755. The average Bonchev–Trinajstić information content (AvgIpc) is 2.94. The highest BCUT2D eigenvalue weighted by atomic mass is 32.2. The number of sulfonamides is 1. The first-order valence-corrected chi connectivity index (χ1v) is 6.82. The van der Waals surface area contributed by atoms with Crippen LogP contribution in [0.5, 0.6) is 5.75 Å². The maximum Gasteiger partial charge on any atom is 0.339 e. The molecular weight excluding hydrogens is 258 g/mol. The van der Waals surface area contributed by atoms with Crippen LogP contribution in [0.1, 0.15) is 30.1 Å². The van der Waals surface area contributed by atoms with Crippen LogP contribution in [0.2, 0.25) is 0 Å². The number of aromatic carboxylic acids is 1. The van der Waals surface area contributed by atoms with Crippen LogP contribution in [0.3, 0.4) is 0 Å². The van der Waals surface area contributed by atoms with Crippen LogP contribution in [-0.2, 0) is 10.0 Å². The summed E-state index contributed by atoms with van der Waals surface area (Å²) < 4.78 is 26.5. The third kappa shape index (κ3) is 2.46. The molecule has 0 atom stereocenters. The maximum atomic E-state index is 12.0. The van der Waals surface area contributed by atoms with Crippen molar-refractivity contribution >= 4 is 16.0 Å². The normalized spacial score (nSPS) is 17.4. The number of nitrogens with one attached hydrogen (secondary N) is 1. The van der Waals surface area contributed by atoms with Crippen molar-refractivity contribution < 1.29 is 23.4 Å². The zero-order valence-electron chi connectivity index (χ0n) is 9.67. The number of carboxylic acids is 1. The molecule has 7 heteroatoms. The Morgan fingerprint density at radius 3 is 2.50 bits per heavy atom. The Morgan fingerprint density at radius 2 is 2.00 bits per heavy atom.